The number of aryl methyl sites for hydroxylation is 1. The largest absolute Gasteiger partial charge is 0.480 e. The van der Waals surface area contributed by atoms with Gasteiger partial charge < -0.3 is 10.4 Å². The van der Waals surface area contributed by atoms with Gasteiger partial charge in [0.15, 0.2) is 0 Å². The van der Waals surface area contributed by atoms with Gasteiger partial charge in [0.05, 0.1) is 4.90 Å². The maximum atomic E-state index is 14.2. The number of carboxylic acid groups (broad SMARTS) is 1. The van der Waals surface area contributed by atoms with Gasteiger partial charge in [-0.25, -0.2) is 13.2 Å². The number of hydrogen-bond donors (Lipinski definition) is 2. The third-order valence-corrected chi connectivity index (χ3v) is 11.7. The summed E-state index contributed by atoms with van der Waals surface area (Å²) in [7, 11) is -3.82. The predicted octanol–water partition coefficient (Wildman–Crippen LogP) is 8.06. The van der Waals surface area contributed by atoms with E-state index < -0.39 is 27.9 Å². The third kappa shape index (κ3) is 9.71. The molecule has 3 aromatic carbocycles. The first kappa shape index (κ1) is 36.7. The Morgan fingerprint density at radius 3 is 2.28 bits per heavy atom. The van der Waals surface area contributed by atoms with E-state index in [9.17, 15) is 23.1 Å². The molecule has 1 unspecified atom stereocenters. The molecule has 47 heavy (non-hydrogen) atoms. The van der Waals surface area contributed by atoms with Gasteiger partial charge in [-0.2, -0.15) is 16.1 Å². The first-order valence-corrected chi connectivity index (χ1v) is 19.5. The standard InChI is InChI=1S/C38H50N2O5S2/c1-27-11-9-10-14-32(27)34-25-29(15-20-33(34)36(41)39-35(37(42)43)22-24-46-5)26-40(23-21-28-12-7-6-8-13-28)47(44,45)31-18-16-30(17-19-31)38(2,3)4/h9-11,14-20,25,28,35H,6-8,12-13,21-24,26H2,1-5H3,(H,39,41)(H,42,43). The summed E-state index contributed by atoms with van der Waals surface area (Å²) in [5.41, 5.74) is 4.53. The van der Waals surface area contributed by atoms with Crippen molar-refractivity contribution < 1.29 is 23.1 Å². The lowest BCUT2D eigenvalue weighted by atomic mass is 9.87. The number of rotatable bonds is 14. The maximum absolute atomic E-state index is 14.2. The molecule has 0 spiro atoms. The molecule has 0 radical (unpaired) electrons. The van der Waals surface area contributed by atoms with E-state index in [2.05, 4.69) is 26.1 Å². The zero-order valence-electron chi connectivity index (χ0n) is 28.4. The molecular weight excluding hydrogens is 629 g/mol. The van der Waals surface area contributed by atoms with Crippen LogP contribution in [-0.4, -0.2) is 54.3 Å². The Balaban J connectivity index is 1.71. The van der Waals surface area contributed by atoms with E-state index in [-0.39, 0.29) is 16.9 Å². The molecule has 3 aromatic rings. The second kappa shape index (κ2) is 16.3. The van der Waals surface area contributed by atoms with Crippen LogP contribution in [0, 0.1) is 12.8 Å². The molecule has 9 heteroatoms. The third-order valence-electron chi connectivity index (χ3n) is 9.21. The molecule has 0 aliphatic heterocycles. The van der Waals surface area contributed by atoms with Gasteiger partial charge in [0, 0.05) is 18.7 Å². The first-order valence-electron chi connectivity index (χ1n) is 16.6. The van der Waals surface area contributed by atoms with E-state index in [0.717, 1.165) is 41.5 Å². The lowest BCUT2D eigenvalue weighted by molar-refractivity contribution is -0.139. The normalized spacial score (nSPS) is 15.0. The molecule has 1 amide bonds. The number of carbonyl (C=O) groups is 2. The highest BCUT2D eigenvalue weighted by Gasteiger charge is 2.28. The van der Waals surface area contributed by atoms with Gasteiger partial charge in [0.2, 0.25) is 10.0 Å². The fraction of sp³-hybridized carbons (Fsp3) is 0.474. The highest BCUT2D eigenvalue weighted by molar-refractivity contribution is 7.98. The number of aliphatic carboxylic acids is 1. The number of sulfonamides is 1. The molecule has 0 bridgehead atoms. The van der Waals surface area contributed by atoms with E-state index in [1.807, 2.05) is 55.6 Å². The lowest BCUT2D eigenvalue weighted by Crippen LogP contribution is -2.41. The molecule has 7 nitrogen and oxygen atoms in total. The SMILES string of the molecule is CSCCC(NC(=O)c1ccc(CN(CCC2CCCCC2)S(=O)(=O)c2ccc(C(C)(C)C)cc2)cc1-c1ccccc1C)C(=O)O. The van der Waals surface area contributed by atoms with E-state index in [1.165, 1.54) is 31.0 Å². The number of carbonyl (C=O) groups excluding carboxylic acids is 1. The molecule has 0 aromatic heterocycles. The van der Waals surface area contributed by atoms with Gasteiger partial charge >= 0.3 is 5.97 Å². The van der Waals surface area contributed by atoms with Crippen LogP contribution in [0.2, 0.25) is 0 Å². The Kier molecular flexibility index (Phi) is 12.7. The van der Waals surface area contributed by atoms with Crippen molar-refractivity contribution in [1.29, 1.82) is 0 Å². The number of amides is 1. The number of thioether (sulfide) groups is 1. The fourth-order valence-corrected chi connectivity index (χ4v) is 8.20. The summed E-state index contributed by atoms with van der Waals surface area (Å²) in [6, 6.07) is 19.3. The minimum atomic E-state index is -3.82. The van der Waals surface area contributed by atoms with Crippen LogP contribution in [-0.2, 0) is 26.8 Å². The summed E-state index contributed by atoms with van der Waals surface area (Å²) >= 11 is 1.53. The monoisotopic (exact) mass is 678 g/mol. The van der Waals surface area contributed by atoms with Gasteiger partial charge in [0.1, 0.15) is 6.04 Å². The van der Waals surface area contributed by atoms with Gasteiger partial charge in [-0.3, -0.25) is 4.79 Å². The van der Waals surface area contributed by atoms with Crippen molar-refractivity contribution >= 4 is 33.7 Å². The number of benzene rings is 3. The van der Waals surface area contributed by atoms with Crippen molar-refractivity contribution in [1.82, 2.24) is 9.62 Å². The van der Waals surface area contributed by atoms with Crippen molar-refractivity contribution in [2.24, 2.45) is 5.92 Å². The zero-order chi connectivity index (χ0) is 34.2. The molecule has 1 atom stereocenters. The van der Waals surface area contributed by atoms with Crippen LogP contribution in [0.3, 0.4) is 0 Å². The number of nitrogens with one attached hydrogen (secondary N) is 1. The molecular formula is C38H50N2O5S2. The molecule has 0 saturated heterocycles. The molecule has 1 aliphatic rings. The van der Waals surface area contributed by atoms with Crippen molar-refractivity contribution in [2.45, 2.75) is 95.5 Å². The van der Waals surface area contributed by atoms with Crippen molar-refractivity contribution in [3.05, 3.63) is 89.0 Å². The van der Waals surface area contributed by atoms with Crippen LogP contribution in [0.5, 0.6) is 0 Å². The maximum Gasteiger partial charge on any atom is 0.326 e. The molecule has 2 N–H and O–H groups in total. The summed E-state index contributed by atoms with van der Waals surface area (Å²) in [5, 5.41) is 12.5. The predicted molar refractivity (Wildman–Crippen MR) is 192 cm³/mol. The van der Waals surface area contributed by atoms with Crippen molar-refractivity contribution in [3.63, 3.8) is 0 Å². The average Bonchev–Trinajstić information content (AvgIpc) is 3.05. The minimum Gasteiger partial charge on any atom is -0.480 e. The van der Waals surface area contributed by atoms with Gasteiger partial charge in [-0.15, -0.1) is 0 Å². The van der Waals surface area contributed by atoms with Crippen LogP contribution in [0.1, 0.15) is 92.8 Å². The zero-order valence-corrected chi connectivity index (χ0v) is 30.1. The van der Waals surface area contributed by atoms with Crippen LogP contribution in [0.15, 0.2) is 71.6 Å². The second-order valence-electron chi connectivity index (χ2n) is 13.7. The van der Waals surface area contributed by atoms with Crippen LogP contribution in [0.25, 0.3) is 11.1 Å². The van der Waals surface area contributed by atoms with Gasteiger partial charge in [-0.05, 0) is 95.2 Å². The van der Waals surface area contributed by atoms with E-state index in [0.29, 0.717) is 35.8 Å². The second-order valence-corrected chi connectivity index (χ2v) is 16.7. The van der Waals surface area contributed by atoms with E-state index in [4.69, 9.17) is 0 Å². The number of carboxylic acids is 1. The molecule has 4 rings (SSSR count). The topological polar surface area (TPSA) is 104 Å². The smallest absolute Gasteiger partial charge is 0.326 e. The summed E-state index contributed by atoms with van der Waals surface area (Å²) < 4.78 is 30.1. The van der Waals surface area contributed by atoms with E-state index >= 15 is 0 Å². The molecule has 1 saturated carbocycles. The highest BCUT2D eigenvalue weighted by Crippen LogP contribution is 2.32. The average molecular weight is 679 g/mol. The fourth-order valence-electron chi connectivity index (χ4n) is 6.28. The van der Waals surface area contributed by atoms with Gasteiger partial charge in [-0.1, -0.05) is 95.3 Å². The van der Waals surface area contributed by atoms with Crippen LogP contribution >= 0.6 is 11.8 Å². The Hall–Kier alpha value is -3.14. The first-order chi connectivity index (χ1) is 22.3. The lowest BCUT2D eigenvalue weighted by Gasteiger charge is -2.27. The highest BCUT2D eigenvalue weighted by atomic mass is 32.2. The van der Waals surface area contributed by atoms with E-state index in [1.54, 1.807) is 28.6 Å². The summed E-state index contributed by atoms with van der Waals surface area (Å²) in [4.78, 5) is 25.8. The quantitative estimate of drug-likeness (QED) is 0.179. The Morgan fingerprint density at radius 1 is 0.979 bits per heavy atom. The Bertz CT molecular complexity index is 1620. The van der Waals surface area contributed by atoms with Crippen LogP contribution < -0.4 is 5.32 Å². The van der Waals surface area contributed by atoms with Gasteiger partial charge in [0.25, 0.3) is 5.91 Å². The summed E-state index contributed by atoms with van der Waals surface area (Å²) in [6.07, 6.45) is 8.89. The summed E-state index contributed by atoms with van der Waals surface area (Å²) in [5.74, 6) is -0.434. The molecule has 1 aliphatic carbocycles. The molecule has 0 heterocycles. The van der Waals surface area contributed by atoms with Crippen molar-refractivity contribution in [2.75, 3.05) is 18.6 Å². The molecule has 254 valence electrons. The number of hydrogen-bond acceptors (Lipinski definition) is 5. The van der Waals surface area contributed by atoms with Crippen LogP contribution in [0.4, 0.5) is 0 Å². The Labute approximate surface area is 285 Å². The Morgan fingerprint density at radius 2 is 1.66 bits per heavy atom. The number of nitrogens with zero attached hydrogens (tertiary/aromatic N) is 1. The molecule has 1 fully saturated rings. The van der Waals surface area contributed by atoms with Crippen molar-refractivity contribution in [3.8, 4) is 11.1 Å². The minimum absolute atomic E-state index is 0.0948. The summed E-state index contributed by atoms with van der Waals surface area (Å²) in [6.45, 7) is 8.84.